The Balaban J connectivity index is 1.93. The maximum absolute atomic E-state index is 13.1. The lowest BCUT2D eigenvalue weighted by atomic mass is 10.0. The number of hydrogen-bond acceptors (Lipinski definition) is 5. The normalized spacial score (nSPS) is 16.7. The Kier molecular flexibility index (Phi) is 3.92. The number of benzene rings is 1. The Bertz CT molecular complexity index is 1050. The summed E-state index contributed by atoms with van der Waals surface area (Å²) in [6.45, 7) is 2.98. The molecule has 4 rings (SSSR count). The maximum atomic E-state index is 13.1. The van der Waals surface area contributed by atoms with E-state index in [0.29, 0.717) is 35.4 Å². The van der Waals surface area contributed by atoms with Gasteiger partial charge >= 0.3 is 0 Å². The third-order valence-corrected chi connectivity index (χ3v) is 4.69. The quantitative estimate of drug-likeness (QED) is 0.722. The van der Waals surface area contributed by atoms with Gasteiger partial charge in [0.2, 0.25) is 5.76 Å². The molecular formula is C20H20N2O4. The van der Waals surface area contributed by atoms with Gasteiger partial charge in [0.25, 0.3) is 5.91 Å². The van der Waals surface area contributed by atoms with E-state index in [0.717, 1.165) is 5.76 Å². The monoisotopic (exact) mass is 352 g/mol. The largest absolute Gasteiger partial charge is 0.464 e. The molecule has 0 saturated carbocycles. The van der Waals surface area contributed by atoms with Crippen molar-refractivity contribution in [1.29, 1.82) is 0 Å². The number of likely N-dealkylation sites (N-methyl/N-ethyl adjacent to an activating group) is 1. The molecule has 1 amide bonds. The third kappa shape index (κ3) is 2.54. The molecule has 26 heavy (non-hydrogen) atoms. The maximum Gasteiger partial charge on any atom is 0.291 e. The van der Waals surface area contributed by atoms with Crippen LogP contribution in [0, 0.1) is 6.92 Å². The number of hydrogen-bond donors (Lipinski definition) is 0. The molecule has 0 saturated heterocycles. The van der Waals surface area contributed by atoms with Crippen molar-refractivity contribution >= 4 is 16.9 Å². The van der Waals surface area contributed by atoms with Gasteiger partial charge in [-0.15, -0.1) is 0 Å². The van der Waals surface area contributed by atoms with Gasteiger partial charge in [0, 0.05) is 13.1 Å². The van der Waals surface area contributed by atoms with E-state index in [1.807, 2.05) is 38.1 Å². The first-order chi connectivity index (χ1) is 12.5. The first-order valence-corrected chi connectivity index (χ1v) is 8.55. The zero-order chi connectivity index (χ0) is 18.4. The second-order valence-electron chi connectivity index (χ2n) is 6.82. The molecule has 1 aromatic carbocycles. The van der Waals surface area contributed by atoms with Crippen molar-refractivity contribution in [2.45, 2.75) is 13.0 Å². The fourth-order valence-corrected chi connectivity index (χ4v) is 3.40. The first-order valence-electron chi connectivity index (χ1n) is 8.55. The molecule has 134 valence electrons. The third-order valence-electron chi connectivity index (χ3n) is 4.69. The predicted molar refractivity (Wildman–Crippen MR) is 97.4 cm³/mol. The van der Waals surface area contributed by atoms with Crippen LogP contribution in [-0.2, 0) is 0 Å². The predicted octanol–water partition coefficient (Wildman–Crippen LogP) is 2.80. The van der Waals surface area contributed by atoms with Gasteiger partial charge < -0.3 is 18.6 Å². The van der Waals surface area contributed by atoms with Crippen LogP contribution in [0.1, 0.15) is 33.7 Å². The van der Waals surface area contributed by atoms with Crippen LogP contribution in [0.3, 0.4) is 0 Å². The molecule has 0 fully saturated rings. The highest BCUT2D eigenvalue weighted by molar-refractivity contribution is 5.98. The van der Waals surface area contributed by atoms with Crippen molar-refractivity contribution in [2.24, 2.45) is 0 Å². The molecule has 0 N–H and O–H groups in total. The number of amides is 1. The summed E-state index contributed by atoms with van der Waals surface area (Å²) in [5, 5.41) is 0.474. The standard InChI is InChI=1S/C20H20N2O4/c1-12-8-9-15(25-12)17-16-18(23)13-6-4-5-7-14(13)26-19(16)20(24)22(17)11-10-21(2)3/h4-9,17H,10-11H2,1-3H3/t17-/m0/s1. The molecule has 1 aliphatic heterocycles. The topological polar surface area (TPSA) is 66.9 Å². The van der Waals surface area contributed by atoms with E-state index in [4.69, 9.17) is 8.83 Å². The molecule has 1 atom stereocenters. The van der Waals surface area contributed by atoms with Crippen LogP contribution in [0.25, 0.3) is 11.0 Å². The van der Waals surface area contributed by atoms with Crippen molar-refractivity contribution in [2.75, 3.05) is 27.2 Å². The van der Waals surface area contributed by atoms with Crippen molar-refractivity contribution in [1.82, 2.24) is 9.80 Å². The highest BCUT2D eigenvalue weighted by atomic mass is 16.4. The molecular weight excluding hydrogens is 332 g/mol. The van der Waals surface area contributed by atoms with Crippen LogP contribution < -0.4 is 5.43 Å². The summed E-state index contributed by atoms with van der Waals surface area (Å²) in [5.41, 5.74) is 0.608. The number of carbonyl (C=O) groups excluding carboxylic acids is 1. The summed E-state index contributed by atoms with van der Waals surface area (Å²) in [7, 11) is 3.88. The fraction of sp³-hybridized carbons (Fsp3) is 0.300. The Labute approximate surface area is 150 Å². The SMILES string of the molecule is Cc1ccc([C@H]2c3c(oc4ccccc4c3=O)C(=O)N2CCN(C)C)o1. The van der Waals surface area contributed by atoms with Gasteiger partial charge in [-0.05, 0) is 45.3 Å². The molecule has 0 unspecified atom stereocenters. The second-order valence-corrected chi connectivity index (χ2v) is 6.82. The van der Waals surface area contributed by atoms with E-state index in [2.05, 4.69) is 0 Å². The summed E-state index contributed by atoms with van der Waals surface area (Å²) >= 11 is 0. The molecule has 6 nitrogen and oxygen atoms in total. The van der Waals surface area contributed by atoms with Crippen LogP contribution in [0.4, 0.5) is 0 Å². The van der Waals surface area contributed by atoms with Gasteiger partial charge in [0.1, 0.15) is 23.1 Å². The number of para-hydroxylation sites is 1. The lowest BCUT2D eigenvalue weighted by Gasteiger charge is -2.24. The Morgan fingerprint density at radius 3 is 2.54 bits per heavy atom. The highest BCUT2D eigenvalue weighted by Crippen LogP contribution is 2.38. The summed E-state index contributed by atoms with van der Waals surface area (Å²) in [4.78, 5) is 29.8. The van der Waals surface area contributed by atoms with Crippen LogP contribution >= 0.6 is 0 Å². The minimum atomic E-state index is -0.563. The van der Waals surface area contributed by atoms with Crippen LogP contribution in [0.2, 0.25) is 0 Å². The second kappa shape index (κ2) is 6.14. The Hall–Kier alpha value is -2.86. The molecule has 0 spiro atoms. The highest BCUT2D eigenvalue weighted by Gasteiger charge is 2.44. The number of aryl methyl sites for hydroxylation is 1. The molecule has 3 aromatic rings. The van der Waals surface area contributed by atoms with Crippen LogP contribution in [-0.4, -0.2) is 42.9 Å². The number of nitrogens with zero attached hydrogens (tertiary/aromatic N) is 2. The van der Waals surface area contributed by atoms with E-state index in [-0.39, 0.29) is 17.1 Å². The van der Waals surface area contributed by atoms with Gasteiger partial charge in [0.05, 0.1) is 10.9 Å². The van der Waals surface area contributed by atoms with Gasteiger partial charge in [-0.25, -0.2) is 0 Å². The van der Waals surface area contributed by atoms with Crippen molar-refractivity contribution in [3.8, 4) is 0 Å². The molecule has 0 aliphatic carbocycles. The zero-order valence-electron chi connectivity index (χ0n) is 15.0. The zero-order valence-corrected chi connectivity index (χ0v) is 15.0. The van der Waals surface area contributed by atoms with Gasteiger partial charge in [-0.3, -0.25) is 9.59 Å². The van der Waals surface area contributed by atoms with E-state index in [1.54, 1.807) is 29.2 Å². The summed E-state index contributed by atoms with van der Waals surface area (Å²) in [5.74, 6) is 1.16. The summed E-state index contributed by atoms with van der Waals surface area (Å²) in [6, 6.07) is 10.1. The molecule has 0 bridgehead atoms. The van der Waals surface area contributed by atoms with Crippen LogP contribution in [0.15, 0.2) is 50.0 Å². The summed E-state index contributed by atoms with van der Waals surface area (Å²) in [6.07, 6.45) is 0. The van der Waals surface area contributed by atoms with Gasteiger partial charge in [-0.2, -0.15) is 0 Å². The van der Waals surface area contributed by atoms with E-state index in [1.165, 1.54) is 0 Å². The lowest BCUT2D eigenvalue weighted by Crippen LogP contribution is -2.35. The number of fused-ring (bicyclic) bond motifs is 2. The Morgan fingerprint density at radius 1 is 1.08 bits per heavy atom. The molecule has 6 heteroatoms. The number of furan rings is 1. The van der Waals surface area contributed by atoms with E-state index >= 15 is 0 Å². The molecule has 0 radical (unpaired) electrons. The van der Waals surface area contributed by atoms with Crippen molar-refractivity contribution < 1.29 is 13.6 Å². The minimum Gasteiger partial charge on any atom is -0.464 e. The van der Waals surface area contributed by atoms with Crippen molar-refractivity contribution in [3.63, 3.8) is 0 Å². The number of rotatable bonds is 4. The summed E-state index contributed by atoms with van der Waals surface area (Å²) < 4.78 is 11.6. The fourth-order valence-electron chi connectivity index (χ4n) is 3.40. The Morgan fingerprint density at radius 2 is 1.85 bits per heavy atom. The van der Waals surface area contributed by atoms with E-state index in [9.17, 15) is 9.59 Å². The molecule has 3 heterocycles. The first kappa shape index (κ1) is 16.6. The lowest BCUT2D eigenvalue weighted by molar-refractivity contribution is 0.0702. The van der Waals surface area contributed by atoms with E-state index < -0.39 is 6.04 Å². The van der Waals surface area contributed by atoms with Gasteiger partial charge in [-0.1, -0.05) is 12.1 Å². The average molecular weight is 352 g/mol. The molecule has 2 aromatic heterocycles. The van der Waals surface area contributed by atoms with Crippen molar-refractivity contribution in [3.05, 3.63) is 69.5 Å². The van der Waals surface area contributed by atoms with Crippen LogP contribution in [0.5, 0.6) is 0 Å². The smallest absolute Gasteiger partial charge is 0.291 e. The number of carbonyl (C=O) groups is 1. The average Bonchev–Trinajstić information content (AvgIpc) is 3.15. The molecule has 1 aliphatic rings. The van der Waals surface area contributed by atoms with Gasteiger partial charge in [0.15, 0.2) is 5.43 Å². The minimum absolute atomic E-state index is 0.117.